The number of hydrogen-bond acceptors (Lipinski definition) is 3. The highest BCUT2D eigenvalue weighted by atomic mass is 16.5. The molecule has 3 heteroatoms. The highest BCUT2D eigenvalue weighted by Gasteiger charge is 2.25. The molecule has 1 N–H and O–H groups in total. The van der Waals surface area contributed by atoms with Crippen LogP contribution in [-0.2, 0) is 0 Å². The Hall–Kier alpha value is -1.22. The summed E-state index contributed by atoms with van der Waals surface area (Å²) < 4.78 is 10.7. The predicted octanol–water partition coefficient (Wildman–Crippen LogP) is 2.95. The van der Waals surface area contributed by atoms with E-state index in [1.54, 1.807) is 14.2 Å². The third kappa shape index (κ3) is 2.78. The van der Waals surface area contributed by atoms with Crippen LogP contribution in [0.3, 0.4) is 0 Å². The number of ether oxygens (including phenoxy) is 2. The third-order valence-corrected chi connectivity index (χ3v) is 3.94. The van der Waals surface area contributed by atoms with Gasteiger partial charge in [0.2, 0.25) is 0 Å². The molecule has 0 aliphatic heterocycles. The van der Waals surface area contributed by atoms with Gasteiger partial charge < -0.3 is 14.8 Å². The maximum atomic E-state index is 5.36. The Labute approximate surface area is 109 Å². The Bertz CT molecular complexity index is 370. The van der Waals surface area contributed by atoms with Gasteiger partial charge in [-0.05, 0) is 43.5 Å². The highest BCUT2D eigenvalue weighted by Crippen LogP contribution is 2.36. The smallest absolute Gasteiger partial charge is 0.122 e. The molecule has 0 radical (unpaired) electrons. The van der Waals surface area contributed by atoms with E-state index in [-0.39, 0.29) is 0 Å². The fraction of sp³-hybridized carbons (Fsp3) is 0.600. The Balaban J connectivity index is 2.29. The van der Waals surface area contributed by atoms with Crippen LogP contribution >= 0.6 is 0 Å². The molecule has 18 heavy (non-hydrogen) atoms. The topological polar surface area (TPSA) is 30.5 Å². The van der Waals surface area contributed by atoms with Crippen LogP contribution < -0.4 is 14.8 Å². The van der Waals surface area contributed by atoms with E-state index in [0.717, 1.165) is 11.5 Å². The number of hydrogen-bond donors (Lipinski definition) is 1. The van der Waals surface area contributed by atoms with Gasteiger partial charge >= 0.3 is 0 Å². The predicted molar refractivity (Wildman–Crippen MR) is 73.6 cm³/mol. The van der Waals surface area contributed by atoms with E-state index in [2.05, 4.69) is 24.5 Å². The quantitative estimate of drug-likeness (QED) is 0.890. The summed E-state index contributed by atoms with van der Waals surface area (Å²) in [5, 5.41) is 3.45. The van der Waals surface area contributed by atoms with E-state index in [4.69, 9.17) is 9.47 Å². The average Bonchev–Trinajstić information content (AvgIpc) is 2.46. The SMILES string of the molecule is CNC1CCCCC1c1cc(OC)cc(OC)c1. The van der Waals surface area contributed by atoms with E-state index in [0.29, 0.717) is 12.0 Å². The van der Waals surface area contributed by atoms with Crippen LogP contribution in [0.4, 0.5) is 0 Å². The van der Waals surface area contributed by atoms with Crippen molar-refractivity contribution in [3.8, 4) is 11.5 Å². The molecule has 2 rings (SSSR count). The molecule has 1 saturated carbocycles. The van der Waals surface area contributed by atoms with Crippen molar-refractivity contribution in [2.75, 3.05) is 21.3 Å². The largest absolute Gasteiger partial charge is 0.497 e. The molecular weight excluding hydrogens is 226 g/mol. The number of rotatable bonds is 4. The zero-order chi connectivity index (χ0) is 13.0. The average molecular weight is 249 g/mol. The lowest BCUT2D eigenvalue weighted by atomic mass is 9.80. The van der Waals surface area contributed by atoms with Crippen molar-refractivity contribution in [2.24, 2.45) is 0 Å². The van der Waals surface area contributed by atoms with Crippen LogP contribution in [0.25, 0.3) is 0 Å². The monoisotopic (exact) mass is 249 g/mol. The van der Waals surface area contributed by atoms with E-state index in [1.807, 2.05) is 6.07 Å². The third-order valence-electron chi connectivity index (χ3n) is 3.94. The number of benzene rings is 1. The Morgan fingerprint density at radius 2 is 1.61 bits per heavy atom. The van der Waals surface area contributed by atoms with Gasteiger partial charge in [-0.1, -0.05) is 12.8 Å². The van der Waals surface area contributed by atoms with E-state index >= 15 is 0 Å². The first kappa shape index (κ1) is 13.2. The molecule has 0 spiro atoms. The Morgan fingerprint density at radius 1 is 1.00 bits per heavy atom. The second kappa shape index (κ2) is 6.10. The number of methoxy groups -OCH3 is 2. The second-order valence-corrected chi connectivity index (χ2v) is 4.93. The van der Waals surface area contributed by atoms with Crippen molar-refractivity contribution < 1.29 is 9.47 Å². The molecule has 0 amide bonds. The molecular formula is C15H23NO2. The molecule has 0 aromatic heterocycles. The summed E-state index contributed by atoms with van der Waals surface area (Å²) in [5.74, 6) is 2.32. The fourth-order valence-corrected chi connectivity index (χ4v) is 2.92. The van der Waals surface area contributed by atoms with Gasteiger partial charge in [0, 0.05) is 12.1 Å². The lowest BCUT2D eigenvalue weighted by Crippen LogP contribution is -2.34. The van der Waals surface area contributed by atoms with E-state index in [9.17, 15) is 0 Å². The van der Waals surface area contributed by atoms with Crippen molar-refractivity contribution in [3.63, 3.8) is 0 Å². The zero-order valence-corrected chi connectivity index (χ0v) is 11.5. The molecule has 1 aliphatic carbocycles. The summed E-state index contributed by atoms with van der Waals surface area (Å²) in [6.45, 7) is 0. The van der Waals surface area contributed by atoms with Gasteiger partial charge in [0.05, 0.1) is 14.2 Å². The summed E-state index contributed by atoms with van der Waals surface area (Å²) in [4.78, 5) is 0. The van der Waals surface area contributed by atoms with Crippen LogP contribution in [0.5, 0.6) is 11.5 Å². The van der Waals surface area contributed by atoms with Crippen molar-refractivity contribution in [1.82, 2.24) is 5.32 Å². The molecule has 100 valence electrons. The Kier molecular flexibility index (Phi) is 4.48. The van der Waals surface area contributed by atoms with Crippen LogP contribution in [0.1, 0.15) is 37.2 Å². The molecule has 2 atom stereocenters. The molecule has 3 nitrogen and oxygen atoms in total. The van der Waals surface area contributed by atoms with Gasteiger partial charge in [0.25, 0.3) is 0 Å². The highest BCUT2D eigenvalue weighted by molar-refractivity contribution is 5.40. The van der Waals surface area contributed by atoms with Crippen LogP contribution in [0.2, 0.25) is 0 Å². The fourth-order valence-electron chi connectivity index (χ4n) is 2.92. The van der Waals surface area contributed by atoms with Crippen molar-refractivity contribution in [3.05, 3.63) is 23.8 Å². The molecule has 0 bridgehead atoms. The first-order chi connectivity index (χ1) is 8.78. The summed E-state index contributed by atoms with van der Waals surface area (Å²) in [6, 6.07) is 6.78. The van der Waals surface area contributed by atoms with Crippen LogP contribution in [0.15, 0.2) is 18.2 Å². The maximum absolute atomic E-state index is 5.36. The Morgan fingerprint density at radius 3 is 2.17 bits per heavy atom. The lowest BCUT2D eigenvalue weighted by molar-refractivity contribution is 0.340. The van der Waals surface area contributed by atoms with Crippen LogP contribution in [0, 0.1) is 0 Å². The van der Waals surface area contributed by atoms with E-state index in [1.165, 1.54) is 31.2 Å². The molecule has 0 saturated heterocycles. The normalized spacial score (nSPS) is 23.7. The summed E-state index contributed by atoms with van der Waals surface area (Å²) in [5.41, 5.74) is 1.32. The summed E-state index contributed by atoms with van der Waals surface area (Å²) in [7, 11) is 5.46. The lowest BCUT2D eigenvalue weighted by Gasteiger charge is -2.32. The second-order valence-electron chi connectivity index (χ2n) is 4.93. The number of likely N-dealkylation sites (N-methyl/N-ethyl adjacent to an activating group) is 1. The summed E-state index contributed by atoms with van der Waals surface area (Å²) >= 11 is 0. The van der Waals surface area contributed by atoms with Gasteiger partial charge in [-0.2, -0.15) is 0 Å². The first-order valence-electron chi connectivity index (χ1n) is 6.68. The van der Waals surface area contributed by atoms with Gasteiger partial charge in [-0.15, -0.1) is 0 Å². The summed E-state index contributed by atoms with van der Waals surface area (Å²) in [6.07, 6.45) is 5.12. The maximum Gasteiger partial charge on any atom is 0.122 e. The van der Waals surface area contributed by atoms with Gasteiger partial charge in [0.15, 0.2) is 0 Å². The molecule has 1 fully saturated rings. The van der Waals surface area contributed by atoms with Gasteiger partial charge in [-0.25, -0.2) is 0 Å². The first-order valence-corrected chi connectivity index (χ1v) is 6.68. The molecule has 1 aromatic rings. The molecule has 1 aliphatic rings. The zero-order valence-electron chi connectivity index (χ0n) is 11.5. The van der Waals surface area contributed by atoms with Crippen molar-refractivity contribution >= 4 is 0 Å². The molecule has 1 aromatic carbocycles. The minimum atomic E-state index is 0.563. The number of nitrogens with one attached hydrogen (secondary N) is 1. The van der Waals surface area contributed by atoms with Crippen LogP contribution in [-0.4, -0.2) is 27.3 Å². The van der Waals surface area contributed by atoms with Gasteiger partial charge in [-0.3, -0.25) is 0 Å². The standard InChI is InChI=1S/C15H23NO2/c1-16-15-7-5-4-6-14(15)11-8-12(17-2)10-13(9-11)18-3/h8-10,14-16H,4-7H2,1-3H3. The molecule has 0 heterocycles. The van der Waals surface area contributed by atoms with Crippen molar-refractivity contribution in [1.29, 1.82) is 0 Å². The minimum absolute atomic E-state index is 0.563. The van der Waals surface area contributed by atoms with E-state index < -0.39 is 0 Å². The minimum Gasteiger partial charge on any atom is -0.497 e. The molecule has 2 unspecified atom stereocenters. The van der Waals surface area contributed by atoms with Crippen molar-refractivity contribution in [2.45, 2.75) is 37.6 Å². The van der Waals surface area contributed by atoms with Gasteiger partial charge in [0.1, 0.15) is 11.5 Å².